The molecule has 1 fully saturated rings. The minimum Gasteiger partial charge on any atom is -0.484 e. The number of rotatable bonds is 5. The highest BCUT2D eigenvalue weighted by atomic mass is 16.5. The number of carbonyl (C=O) groups is 1. The Kier molecular flexibility index (Phi) is 4.76. The minimum absolute atomic E-state index is 0.0749. The van der Waals surface area contributed by atoms with Gasteiger partial charge in [0.2, 0.25) is 0 Å². The average molecular weight is 289 g/mol. The smallest absolute Gasteiger partial charge is 0.258 e. The summed E-state index contributed by atoms with van der Waals surface area (Å²) in [5.41, 5.74) is 2.80. The molecule has 1 amide bonds. The van der Waals surface area contributed by atoms with Crippen LogP contribution >= 0.6 is 0 Å². The first-order valence-corrected chi connectivity index (χ1v) is 7.94. The lowest BCUT2D eigenvalue weighted by molar-refractivity contribution is -0.123. The Labute approximate surface area is 125 Å². The van der Waals surface area contributed by atoms with Crippen LogP contribution in [0.3, 0.4) is 0 Å². The maximum atomic E-state index is 11.8. The average Bonchev–Trinajstić information content (AvgIpc) is 3.04. The summed E-state index contributed by atoms with van der Waals surface area (Å²) in [6.45, 7) is 1.48. The lowest BCUT2D eigenvalue weighted by Crippen LogP contribution is -2.35. The SMILES string of the molecule is O=C(COc1ccc2c(c1)CCCC2)NCC1CCCO1. The van der Waals surface area contributed by atoms with Crippen LogP contribution in [0, 0.1) is 0 Å². The molecule has 0 bridgehead atoms. The fraction of sp³-hybridized carbons (Fsp3) is 0.588. The van der Waals surface area contributed by atoms with Crippen LogP contribution in [0.1, 0.15) is 36.8 Å². The number of amides is 1. The van der Waals surface area contributed by atoms with E-state index in [0.717, 1.165) is 38.0 Å². The summed E-state index contributed by atoms with van der Waals surface area (Å²) in [7, 11) is 0. The Morgan fingerprint density at radius 3 is 2.90 bits per heavy atom. The molecule has 0 aromatic heterocycles. The van der Waals surface area contributed by atoms with E-state index in [9.17, 15) is 4.79 Å². The molecule has 4 nitrogen and oxygen atoms in total. The topological polar surface area (TPSA) is 47.6 Å². The summed E-state index contributed by atoms with van der Waals surface area (Å²) in [6, 6.07) is 6.19. The quantitative estimate of drug-likeness (QED) is 0.904. The zero-order chi connectivity index (χ0) is 14.5. The molecule has 1 unspecified atom stereocenters. The van der Waals surface area contributed by atoms with Gasteiger partial charge in [0.15, 0.2) is 6.61 Å². The second kappa shape index (κ2) is 6.94. The maximum Gasteiger partial charge on any atom is 0.258 e. The van der Waals surface area contributed by atoms with Crippen LogP contribution in [-0.4, -0.2) is 31.8 Å². The molecule has 1 aliphatic carbocycles. The molecule has 1 N–H and O–H groups in total. The van der Waals surface area contributed by atoms with Gasteiger partial charge in [0.25, 0.3) is 5.91 Å². The van der Waals surface area contributed by atoms with Gasteiger partial charge in [-0.2, -0.15) is 0 Å². The molecular weight excluding hydrogens is 266 g/mol. The number of carbonyl (C=O) groups excluding carboxylic acids is 1. The first-order valence-electron chi connectivity index (χ1n) is 7.94. The first-order chi connectivity index (χ1) is 10.3. The van der Waals surface area contributed by atoms with E-state index in [1.165, 1.54) is 24.0 Å². The van der Waals surface area contributed by atoms with Gasteiger partial charge in [-0.1, -0.05) is 6.07 Å². The molecule has 3 rings (SSSR count). The lowest BCUT2D eigenvalue weighted by atomic mass is 9.92. The highest BCUT2D eigenvalue weighted by Gasteiger charge is 2.16. The highest BCUT2D eigenvalue weighted by molar-refractivity contribution is 5.77. The van der Waals surface area contributed by atoms with Crippen molar-refractivity contribution >= 4 is 5.91 Å². The van der Waals surface area contributed by atoms with Crippen molar-refractivity contribution < 1.29 is 14.3 Å². The molecule has 1 atom stereocenters. The van der Waals surface area contributed by atoms with Gasteiger partial charge in [-0.3, -0.25) is 4.79 Å². The summed E-state index contributed by atoms with van der Waals surface area (Å²) in [4.78, 5) is 11.8. The predicted octanol–water partition coefficient (Wildman–Crippen LogP) is 2.24. The third-order valence-electron chi connectivity index (χ3n) is 4.24. The van der Waals surface area contributed by atoms with Crippen molar-refractivity contribution in [3.05, 3.63) is 29.3 Å². The van der Waals surface area contributed by atoms with Crippen molar-refractivity contribution in [3.8, 4) is 5.75 Å². The molecule has 0 saturated carbocycles. The van der Waals surface area contributed by atoms with Crippen LogP contribution in [0.25, 0.3) is 0 Å². The molecule has 1 heterocycles. The zero-order valence-electron chi connectivity index (χ0n) is 12.4. The largest absolute Gasteiger partial charge is 0.484 e. The molecule has 2 aliphatic rings. The molecule has 1 aliphatic heterocycles. The predicted molar refractivity (Wildman–Crippen MR) is 80.6 cm³/mol. The molecule has 4 heteroatoms. The standard InChI is InChI=1S/C17H23NO3/c19-17(18-11-16-6-3-9-20-16)12-21-15-8-7-13-4-1-2-5-14(13)10-15/h7-8,10,16H,1-6,9,11-12H2,(H,18,19). The van der Waals surface area contributed by atoms with Crippen molar-refractivity contribution in [1.82, 2.24) is 5.32 Å². The molecule has 1 saturated heterocycles. The van der Waals surface area contributed by atoms with Gasteiger partial charge in [-0.25, -0.2) is 0 Å². The van der Waals surface area contributed by atoms with E-state index in [0.29, 0.717) is 6.54 Å². The van der Waals surface area contributed by atoms with Crippen molar-refractivity contribution in [2.75, 3.05) is 19.8 Å². The van der Waals surface area contributed by atoms with Crippen LogP contribution in [0.15, 0.2) is 18.2 Å². The van der Waals surface area contributed by atoms with Crippen molar-refractivity contribution in [2.24, 2.45) is 0 Å². The Hall–Kier alpha value is -1.55. The zero-order valence-corrected chi connectivity index (χ0v) is 12.4. The van der Waals surface area contributed by atoms with Crippen molar-refractivity contribution in [2.45, 2.75) is 44.6 Å². The van der Waals surface area contributed by atoms with Crippen molar-refractivity contribution in [1.29, 1.82) is 0 Å². The van der Waals surface area contributed by atoms with Crippen LogP contribution < -0.4 is 10.1 Å². The number of ether oxygens (including phenoxy) is 2. The van der Waals surface area contributed by atoms with E-state index in [1.807, 2.05) is 6.07 Å². The Bertz CT molecular complexity index is 495. The van der Waals surface area contributed by atoms with E-state index in [2.05, 4.69) is 17.4 Å². The van der Waals surface area contributed by atoms with Crippen LogP contribution in [0.4, 0.5) is 0 Å². The summed E-state index contributed by atoms with van der Waals surface area (Å²) in [6.07, 6.45) is 7.11. The van der Waals surface area contributed by atoms with E-state index in [1.54, 1.807) is 0 Å². The van der Waals surface area contributed by atoms with E-state index in [4.69, 9.17) is 9.47 Å². The Balaban J connectivity index is 1.44. The number of benzene rings is 1. The number of fused-ring (bicyclic) bond motifs is 1. The fourth-order valence-corrected chi connectivity index (χ4v) is 3.03. The second-order valence-electron chi connectivity index (χ2n) is 5.87. The van der Waals surface area contributed by atoms with Gasteiger partial charge in [-0.05, 0) is 61.8 Å². The Morgan fingerprint density at radius 2 is 2.10 bits per heavy atom. The summed E-state index contributed by atoms with van der Waals surface area (Å²) in [5, 5.41) is 2.87. The second-order valence-corrected chi connectivity index (χ2v) is 5.87. The van der Waals surface area contributed by atoms with E-state index < -0.39 is 0 Å². The molecule has 0 spiro atoms. The third kappa shape index (κ3) is 3.97. The highest BCUT2D eigenvalue weighted by Crippen LogP contribution is 2.25. The number of hydrogen-bond acceptors (Lipinski definition) is 3. The van der Waals surface area contributed by atoms with Gasteiger partial charge in [0, 0.05) is 13.2 Å². The molecule has 1 aromatic rings. The summed E-state index contributed by atoms with van der Waals surface area (Å²) < 4.78 is 11.1. The van der Waals surface area contributed by atoms with Gasteiger partial charge in [0.1, 0.15) is 5.75 Å². The van der Waals surface area contributed by atoms with Crippen LogP contribution in [0.2, 0.25) is 0 Å². The molecule has 114 valence electrons. The fourth-order valence-electron chi connectivity index (χ4n) is 3.03. The molecule has 1 aromatic carbocycles. The lowest BCUT2D eigenvalue weighted by Gasteiger charge is -2.17. The third-order valence-corrected chi connectivity index (χ3v) is 4.24. The van der Waals surface area contributed by atoms with Crippen LogP contribution in [-0.2, 0) is 22.4 Å². The van der Waals surface area contributed by atoms with E-state index >= 15 is 0 Å². The summed E-state index contributed by atoms with van der Waals surface area (Å²) >= 11 is 0. The van der Waals surface area contributed by atoms with E-state index in [-0.39, 0.29) is 18.6 Å². The van der Waals surface area contributed by atoms with Crippen LogP contribution in [0.5, 0.6) is 5.75 Å². The van der Waals surface area contributed by atoms with Gasteiger partial charge in [-0.15, -0.1) is 0 Å². The molecular formula is C17H23NO3. The number of aryl methyl sites for hydroxylation is 2. The van der Waals surface area contributed by atoms with Gasteiger partial charge >= 0.3 is 0 Å². The molecule has 21 heavy (non-hydrogen) atoms. The normalized spacial score (nSPS) is 20.9. The number of hydrogen-bond donors (Lipinski definition) is 1. The monoisotopic (exact) mass is 289 g/mol. The van der Waals surface area contributed by atoms with Gasteiger partial charge in [0.05, 0.1) is 6.10 Å². The first kappa shape index (κ1) is 14.4. The Morgan fingerprint density at radius 1 is 1.24 bits per heavy atom. The molecule has 0 radical (unpaired) electrons. The van der Waals surface area contributed by atoms with Gasteiger partial charge < -0.3 is 14.8 Å². The minimum atomic E-state index is -0.0804. The summed E-state index contributed by atoms with van der Waals surface area (Å²) in [5.74, 6) is 0.714. The van der Waals surface area contributed by atoms with Crippen molar-refractivity contribution in [3.63, 3.8) is 0 Å². The maximum absolute atomic E-state index is 11.8. The number of nitrogens with one attached hydrogen (secondary N) is 1.